The van der Waals surface area contributed by atoms with Crippen LogP contribution in [0.4, 0.5) is 11.4 Å². The molecule has 4 N–H and O–H groups in total. The van der Waals surface area contributed by atoms with Gasteiger partial charge in [0.25, 0.3) is 0 Å². The molecule has 0 bridgehead atoms. The fraction of sp³-hybridized carbons (Fsp3) is 0.375. The Kier molecular flexibility index (Phi) is 4.31. The van der Waals surface area contributed by atoms with Crippen molar-refractivity contribution in [2.24, 2.45) is 5.92 Å². The number of nitrogens with two attached hydrogens (primary N) is 1. The Bertz CT molecular complexity index is 566. The Balaban J connectivity index is 1.87. The molecule has 1 fully saturated rings. The minimum atomic E-state index is 0.250. The molecule has 1 aliphatic rings. The van der Waals surface area contributed by atoms with Gasteiger partial charge in [-0.1, -0.05) is 0 Å². The van der Waals surface area contributed by atoms with E-state index < -0.39 is 0 Å². The van der Waals surface area contributed by atoms with E-state index in [0.717, 1.165) is 31.6 Å². The number of nitrogen functional groups attached to an aromatic ring is 1. The second-order valence-corrected chi connectivity index (χ2v) is 5.45. The van der Waals surface area contributed by atoms with Crippen molar-refractivity contribution in [2.45, 2.75) is 18.9 Å². The van der Waals surface area contributed by atoms with Gasteiger partial charge in [-0.05, 0) is 55.6 Å². The molecule has 110 valence electrons. The molecule has 21 heavy (non-hydrogen) atoms. The van der Waals surface area contributed by atoms with Gasteiger partial charge in [0, 0.05) is 18.6 Å². The third-order valence-corrected chi connectivity index (χ3v) is 4.08. The average molecular weight is 283 g/mol. The predicted molar refractivity (Wildman–Crippen MR) is 84.8 cm³/mol. The number of nitrogens with zero attached hydrogens (tertiary/aromatic N) is 2. The molecule has 2 aromatic rings. The molecule has 2 aromatic heterocycles. The highest BCUT2D eigenvalue weighted by Crippen LogP contribution is 2.33. The lowest BCUT2D eigenvalue weighted by atomic mass is 9.86. The van der Waals surface area contributed by atoms with Gasteiger partial charge in [-0.2, -0.15) is 0 Å². The minimum absolute atomic E-state index is 0.250. The fourth-order valence-corrected chi connectivity index (χ4v) is 2.93. The van der Waals surface area contributed by atoms with Crippen LogP contribution in [0.3, 0.4) is 0 Å². The van der Waals surface area contributed by atoms with E-state index in [0.29, 0.717) is 11.6 Å². The molecular formula is C16H21N5. The first kappa shape index (κ1) is 13.8. The van der Waals surface area contributed by atoms with Crippen molar-refractivity contribution in [2.75, 3.05) is 24.1 Å². The van der Waals surface area contributed by atoms with E-state index >= 15 is 0 Å². The first-order chi connectivity index (χ1) is 10.3. The molecule has 1 saturated heterocycles. The van der Waals surface area contributed by atoms with Crippen LogP contribution < -0.4 is 16.4 Å². The molecule has 5 nitrogen and oxygen atoms in total. The van der Waals surface area contributed by atoms with Gasteiger partial charge in [-0.15, -0.1) is 0 Å². The zero-order valence-corrected chi connectivity index (χ0v) is 12.0. The first-order valence-corrected chi connectivity index (χ1v) is 7.41. The van der Waals surface area contributed by atoms with Crippen molar-refractivity contribution in [1.29, 1.82) is 0 Å². The highest BCUT2D eigenvalue weighted by atomic mass is 15.0. The Morgan fingerprint density at radius 2 is 1.81 bits per heavy atom. The Morgan fingerprint density at radius 3 is 2.52 bits per heavy atom. The Hall–Kier alpha value is -2.14. The molecule has 1 atom stereocenters. The maximum absolute atomic E-state index is 6.03. The van der Waals surface area contributed by atoms with Crippen LogP contribution in [-0.4, -0.2) is 23.1 Å². The standard InChI is InChI=1S/C16H21N5/c17-14-11-20-10-5-15(14)21-16(12-1-6-18-7-2-12)13-3-8-19-9-4-13/h1-2,5-7,10-11,13,16,19H,3-4,8-9,17H2,(H,20,21). The predicted octanol–water partition coefficient (Wildman–Crippen LogP) is 2.21. The van der Waals surface area contributed by atoms with Crippen LogP contribution in [0.25, 0.3) is 0 Å². The summed E-state index contributed by atoms with van der Waals surface area (Å²) in [4.78, 5) is 8.18. The number of hydrogen-bond donors (Lipinski definition) is 3. The van der Waals surface area contributed by atoms with Crippen molar-refractivity contribution < 1.29 is 0 Å². The van der Waals surface area contributed by atoms with Crippen LogP contribution in [-0.2, 0) is 0 Å². The van der Waals surface area contributed by atoms with Gasteiger partial charge >= 0.3 is 0 Å². The van der Waals surface area contributed by atoms with Gasteiger partial charge in [0.15, 0.2) is 0 Å². The van der Waals surface area contributed by atoms with Crippen LogP contribution in [0.2, 0.25) is 0 Å². The molecule has 0 amide bonds. The van der Waals surface area contributed by atoms with E-state index in [1.54, 1.807) is 12.4 Å². The van der Waals surface area contributed by atoms with Crippen LogP contribution in [0.15, 0.2) is 43.0 Å². The van der Waals surface area contributed by atoms with Gasteiger partial charge in [0.1, 0.15) is 0 Å². The maximum atomic E-state index is 6.03. The van der Waals surface area contributed by atoms with E-state index in [9.17, 15) is 0 Å². The van der Waals surface area contributed by atoms with Crippen molar-refractivity contribution in [1.82, 2.24) is 15.3 Å². The summed E-state index contributed by atoms with van der Waals surface area (Å²) < 4.78 is 0. The van der Waals surface area contributed by atoms with Gasteiger partial charge in [0.2, 0.25) is 0 Å². The largest absolute Gasteiger partial charge is 0.396 e. The summed E-state index contributed by atoms with van der Waals surface area (Å²) in [5.74, 6) is 0.584. The number of hydrogen-bond acceptors (Lipinski definition) is 5. The van der Waals surface area contributed by atoms with E-state index in [1.807, 2.05) is 18.5 Å². The summed E-state index contributed by atoms with van der Waals surface area (Å²) >= 11 is 0. The lowest BCUT2D eigenvalue weighted by Gasteiger charge is -2.32. The normalized spacial score (nSPS) is 17.3. The summed E-state index contributed by atoms with van der Waals surface area (Å²) in [6, 6.07) is 6.35. The zero-order chi connectivity index (χ0) is 14.5. The van der Waals surface area contributed by atoms with E-state index in [2.05, 4.69) is 32.7 Å². The minimum Gasteiger partial charge on any atom is -0.396 e. The summed E-state index contributed by atoms with van der Waals surface area (Å²) in [5, 5.41) is 7.03. The lowest BCUT2D eigenvalue weighted by Crippen LogP contribution is -2.33. The number of rotatable bonds is 4. The molecule has 0 saturated carbocycles. The molecule has 3 rings (SSSR count). The third kappa shape index (κ3) is 3.31. The smallest absolute Gasteiger partial charge is 0.0736 e. The zero-order valence-electron chi connectivity index (χ0n) is 12.0. The maximum Gasteiger partial charge on any atom is 0.0736 e. The van der Waals surface area contributed by atoms with Gasteiger partial charge in [-0.3, -0.25) is 9.97 Å². The number of anilines is 2. The monoisotopic (exact) mass is 283 g/mol. The van der Waals surface area contributed by atoms with Gasteiger partial charge in [-0.25, -0.2) is 0 Å². The molecule has 1 aliphatic heterocycles. The van der Waals surface area contributed by atoms with Gasteiger partial charge < -0.3 is 16.4 Å². The van der Waals surface area contributed by atoms with Crippen LogP contribution >= 0.6 is 0 Å². The number of aromatic nitrogens is 2. The van der Waals surface area contributed by atoms with Crippen molar-refractivity contribution in [3.05, 3.63) is 48.5 Å². The topological polar surface area (TPSA) is 75.9 Å². The molecule has 5 heteroatoms. The van der Waals surface area contributed by atoms with Gasteiger partial charge in [0.05, 0.1) is 23.6 Å². The first-order valence-electron chi connectivity index (χ1n) is 7.41. The Labute approximate surface area is 125 Å². The lowest BCUT2D eigenvalue weighted by molar-refractivity contribution is 0.335. The average Bonchev–Trinajstić information content (AvgIpc) is 2.56. The highest BCUT2D eigenvalue weighted by molar-refractivity contribution is 5.65. The second-order valence-electron chi connectivity index (χ2n) is 5.45. The summed E-state index contributed by atoms with van der Waals surface area (Å²) in [7, 11) is 0. The number of nitrogens with one attached hydrogen (secondary N) is 2. The molecule has 0 aromatic carbocycles. The second kappa shape index (κ2) is 6.54. The summed E-state index contributed by atoms with van der Waals surface area (Å²) in [6.45, 7) is 2.14. The molecular weight excluding hydrogens is 262 g/mol. The molecule has 0 aliphatic carbocycles. The van der Waals surface area contributed by atoms with Crippen LogP contribution in [0.5, 0.6) is 0 Å². The van der Waals surface area contributed by atoms with E-state index in [1.165, 1.54) is 5.56 Å². The molecule has 3 heterocycles. The third-order valence-electron chi connectivity index (χ3n) is 4.08. The van der Waals surface area contributed by atoms with E-state index in [4.69, 9.17) is 5.73 Å². The van der Waals surface area contributed by atoms with E-state index in [-0.39, 0.29) is 6.04 Å². The fourth-order valence-electron chi connectivity index (χ4n) is 2.93. The molecule has 0 radical (unpaired) electrons. The van der Waals surface area contributed by atoms with Crippen molar-refractivity contribution in [3.63, 3.8) is 0 Å². The highest BCUT2D eigenvalue weighted by Gasteiger charge is 2.25. The number of pyridine rings is 2. The SMILES string of the molecule is Nc1cnccc1NC(c1ccncc1)C1CCNCC1. The number of piperidine rings is 1. The molecule has 1 unspecified atom stereocenters. The summed E-state index contributed by atoms with van der Waals surface area (Å²) in [5.41, 5.74) is 8.92. The quantitative estimate of drug-likeness (QED) is 0.802. The van der Waals surface area contributed by atoms with Crippen molar-refractivity contribution >= 4 is 11.4 Å². The van der Waals surface area contributed by atoms with Crippen molar-refractivity contribution in [3.8, 4) is 0 Å². The summed E-state index contributed by atoms with van der Waals surface area (Å²) in [6.07, 6.45) is 9.47. The van der Waals surface area contributed by atoms with Crippen LogP contribution in [0, 0.1) is 5.92 Å². The van der Waals surface area contributed by atoms with Crippen LogP contribution in [0.1, 0.15) is 24.4 Å². The molecule has 0 spiro atoms. The Morgan fingerprint density at radius 1 is 1.10 bits per heavy atom.